The Hall–Kier alpha value is -5.60. The Morgan fingerprint density at radius 3 is 1.45 bits per heavy atom. The highest BCUT2D eigenvalue weighted by atomic mass is 15.1. The first-order chi connectivity index (χ1) is 22.8. The molecule has 0 N–H and O–H groups in total. The molecule has 0 heterocycles. The van der Waals surface area contributed by atoms with E-state index in [2.05, 4.69) is 208 Å². The summed E-state index contributed by atoms with van der Waals surface area (Å²) in [5, 5.41) is 0. The molecule has 232 valence electrons. The van der Waals surface area contributed by atoms with Gasteiger partial charge in [-0.3, -0.25) is 0 Å². The van der Waals surface area contributed by atoms with Crippen LogP contribution in [-0.2, 0) is 0 Å². The van der Waals surface area contributed by atoms with Crippen molar-refractivity contribution >= 4 is 52.7 Å². The van der Waals surface area contributed by atoms with Gasteiger partial charge in [-0.25, -0.2) is 0 Å². The number of aryl methyl sites for hydroxylation is 4. The standard InChI is InChI=1S/C45H42N2/c1-33-12-9-18-42(28-33)46(5)43-26-24-39(35(3)30-43)22-20-37-14-11-15-38(32-37)21-23-40-25-27-45(31-36(40)4)47(41-16-7-6-8-17-41)44-19-10-13-34(2)29-44/h6-32H,1-5H3. The van der Waals surface area contributed by atoms with Gasteiger partial charge in [-0.2, -0.15) is 0 Å². The molecule has 0 fully saturated rings. The van der Waals surface area contributed by atoms with Crippen LogP contribution in [0.4, 0.5) is 28.4 Å². The molecule has 47 heavy (non-hydrogen) atoms. The van der Waals surface area contributed by atoms with Crippen LogP contribution in [0.5, 0.6) is 0 Å². The van der Waals surface area contributed by atoms with E-state index < -0.39 is 0 Å². The number of hydrogen-bond acceptors (Lipinski definition) is 2. The maximum atomic E-state index is 2.32. The Morgan fingerprint density at radius 1 is 0.383 bits per heavy atom. The molecule has 0 radical (unpaired) electrons. The lowest BCUT2D eigenvalue weighted by atomic mass is 10.0. The molecular formula is C45H42N2. The minimum Gasteiger partial charge on any atom is -0.345 e. The Balaban J connectivity index is 1.18. The van der Waals surface area contributed by atoms with Gasteiger partial charge in [-0.05, 0) is 139 Å². The summed E-state index contributed by atoms with van der Waals surface area (Å²) in [5.74, 6) is 0. The van der Waals surface area contributed by atoms with Gasteiger partial charge in [0.1, 0.15) is 0 Å². The van der Waals surface area contributed by atoms with Gasteiger partial charge in [-0.1, -0.05) is 97.1 Å². The molecule has 0 aliphatic carbocycles. The number of benzene rings is 6. The van der Waals surface area contributed by atoms with Crippen LogP contribution < -0.4 is 9.80 Å². The highest BCUT2D eigenvalue weighted by Gasteiger charge is 2.13. The molecule has 0 amide bonds. The zero-order valence-electron chi connectivity index (χ0n) is 28.0. The van der Waals surface area contributed by atoms with E-state index in [0.717, 1.165) is 17.1 Å². The van der Waals surface area contributed by atoms with Crippen molar-refractivity contribution in [3.8, 4) is 0 Å². The molecule has 0 saturated carbocycles. The lowest BCUT2D eigenvalue weighted by Gasteiger charge is -2.26. The van der Waals surface area contributed by atoms with Crippen molar-refractivity contribution in [1.82, 2.24) is 0 Å². The molecule has 0 spiro atoms. The summed E-state index contributed by atoms with van der Waals surface area (Å²) in [5.41, 5.74) is 15.6. The molecule has 6 aromatic carbocycles. The number of para-hydroxylation sites is 1. The Bertz CT molecular complexity index is 2050. The fraction of sp³-hybridized carbons (Fsp3) is 0.111. The summed E-state index contributed by atoms with van der Waals surface area (Å²) in [6.45, 7) is 8.64. The normalized spacial score (nSPS) is 11.3. The van der Waals surface area contributed by atoms with E-state index in [9.17, 15) is 0 Å². The summed E-state index contributed by atoms with van der Waals surface area (Å²) in [4.78, 5) is 4.56. The molecular weight excluding hydrogens is 569 g/mol. The average molecular weight is 611 g/mol. The Morgan fingerprint density at radius 2 is 0.851 bits per heavy atom. The molecule has 0 atom stereocenters. The molecule has 6 rings (SSSR count). The van der Waals surface area contributed by atoms with Crippen molar-refractivity contribution in [2.45, 2.75) is 27.7 Å². The lowest BCUT2D eigenvalue weighted by molar-refractivity contribution is 1.19. The molecule has 0 saturated heterocycles. The van der Waals surface area contributed by atoms with E-state index in [1.807, 2.05) is 0 Å². The quantitative estimate of drug-likeness (QED) is 0.150. The van der Waals surface area contributed by atoms with Gasteiger partial charge in [0.2, 0.25) is 0 Å². The first-order valence-electron chi connectivity index (χ1n) is 16.2. The average Bonchev–Trinajstić information content (AvgIpc) is 3.08. The van der Waals surface area contributed by atoms with Crippen LogP contribution in [0.1, 0.15) is 44.5 Å². The SMILES string of the molecule is Cc1cccc(N(C)c2ccc(C=Cc3cccc(C=Cc4ccc(N(c5ccccc5)c5cccc(C)c5)cc4C)c3)c(C)c2)c1. The van der Waals surface area contributed by atoms with Crippen LogP contribution in [-0.4, -0.2) is 7.05 Å². The maximum Gasteiger partial charge on any atom is 0.0464 e. The minimum absolute atomic E-state index is 1.14. The third-order valence-electron chi connectivity index (χ3n) is 8.64. The van der Waals surface area contributed by atoms with E-state index in [1.54, 1.807) is 0 Å². The van der Waals surface area contributed by atoms with Crippen molar-refractivity contribution in [2.24, 2.45) is 0 Å². The third kappa shape index (κ3) is 7.62. The maximum absolute atomic E-state index is 2.32. The summed E-state index contributed by atoms with van der Waals surface area (Å²) >= 11 is 0. The van der Waals surface area contributed by atoms with Gasteiger partial charge in [-0.15, -0.1) is 0 Å². The molecule has 0 unspecified atom stereocenters. The third-order valence-corrected chi connectivity index (χ3v) is 8.64. The summed E-state index contributed by atoms with van der Waals surface area (Å²) < 4.78 is 0. The van der Waals surface area contributed by atoms with E-state index in [1.165, 1.54) is 55.9 Å². The largest absolute Gasteiger partial charge is 0.345 e. The monoisotopic (exact) mass is 610 g/mol. The second-order valence-corrected chi connectivity index (χ2v) is 12.3. The van der Waals surface area contributed by atoms with Gasteiger partial charge in [0.15, 0.2) is 0 Å². The van der Waals surface area contributed by atoms with E-state index in [-0.39, 0.29) is 0 Å². The molecule has 2 nitrogen and oxygen atoms in total. The molecule has 0 aliphatic rings. The van der Waals surface area contributed by atoms with E-state index in [0.29, 0.717) is 0 Å². The second-order valence-electron chi connectivity index (χ2n) is 12.3. The van der Waals surface area contributed by atoms with Crippen molar-refractivity contribution in [2.75, 3.05) is 16.8 Å². The number of nitrogens with zero attached hydrogens (tertiary/aromatic N) is 2. The van der Waals surface area contributed by atoms with Crippen LogP contribution in [0, 0.1) is 27.7 Å². The van der Waals surface area contributed by atoms with E-state index in [4.69, 9.17) is 0 Å². The predicted molar refractivity (Wildman–Crippen MR) is 205 cm³/mol. The fourth-order valence-electron chi connectivity index (χ4n) is 5.96. The van der Waals surface area contributed by atoms with Gasteiger partial charge in [0.05, 0.1) is 0 Å². The Labute approximate surface area is 280 Å². The van der Waals surface area contributed by atoms with Gasteiger partial charge >= 0.3 is 0 Å². The first kappa shape index (κ1) is 31.4. The minimum atomic E-state index is 1.14. The predicted octanol–water partition coefficient (Wildman–Crippen LogP) is 12.5. The van der Waals surface area contributed by atoms with Crippen molar-refractivity contribution in [1.29, 1.82) is 0 Å². The topological polar surface area (TPSA) is 6.48 Å². The van der Waals surface area contributed by atoms with Crippen LogP contribution in [0.15, 0.2) is 140 Å². The van der Waals surface area contributed by atoms with Crippen LogP contribution in [0.25, 0.3) is 24.3 Å². The summed E-state index contributed by atoms with van der Waals surface area (Å²) in [7, 11) is 2.12. The van der Waals surface area contributed by atoms with Crippen molar-refractivity contribution in [3.63, 3.8) is 0 Å². The second kappa shape index (κ2) is 14.2. The first-order valence-corrected chi connectivity index (χ1v) is 16.2. The highest BCUT2D eigenvalue weighted by Crippen LogP contribution is 2.36. The van der Waals surface area contributed by atoms with Crippen LogP contribution in [0.3, 0.4) is 0 Å². The van der Waals surface area contributed by atoms with Gasteiger partial charge < -0.3 is 9.80 Å². The van der Waals surface area contributed by atoms with Gasteiger partial charge in [0.25, 0.3) is 0 Å². The van der Waals surface area contributed by atoms with Crippen LogP contribution in [0.2, 0.25) is 0 Å². The molecule has 0 aliphatic heterocycles. The molecule has 2 heteroatoms. The molecule has 6 aromatic rings. The zero-order chi connectivity index (χ0) is 32.8. The number of hydrogen-bond donors (Lipinski definition) is 0. The Kier molecular flexibility index (Phi) is 9.50. The smallest absolute Gasteiger partial charge is 0.0464 e. The lowest BCUT2D eigenvalue weighted by Crippen LogP contribution is -2.10. The zero-order valence-corrected chi connectivity index (χ0v) is 28.0. The summed E-state index contributed by atoms with van der Waals surface area (Å²) in [6, 6.07) is 49.9. The number of rotatable bonds is 9. The number of anilines is 5. The molecule has 0 aromatic heterocycles. The van der Waals surface area contributed by atoms with Crippen molar-refractivity contribution in [3.05, 3.63) is 184 Å². The van der Waals surface area contributed by atoms with Gasteiger partial charge in [0, 0.05) is 35.5 Å². The fourth-order valence-corrected chi connectivity index (χ4v) is 5.96. The van der Waals surface area contributed by atoms with Crippen molar-refractivity contribution < 1.29 is 0 Å². The highest BCUT2D eigenvalue weighted by molar-refractivity contribution is 5.80. The summed E-state index contributed by atoms with van der Waals surface area (Å²) in [6.07, 6.45) is 8.84. The van der Waals surface area contributed by atoms with Crippen LogP contribution >= 0.6 is 0 Å². The van der Waals surface area contributed by atoms with E-state index >= 15 is 0 Å². The molecule has 0 bridgehead atoms.